The summed E-state index contributed by atoms with van der Waals surface area (Å²) in [4.78, 5) is 9.37. The SMILES string of the molecule is NCC1CCC(Cc2cc(-c3cccc(NCc4cccc(Cl)c4)n3)c(Cl)cn2)CC1. The van der Waals surface area contributed by atoms with Gasteiger partial charge in [-0.2, -0.15) is 0 Å². The molecule has 4 nitrogen and oxygen atoms in total. The second-order valence-corrected chi connectivity index (χ2v) is 9.22. The lowest BCUT2D eigenvalue weighted by atomic mass is 9.80. The minimum atomic E-state index is 0.620. The Morgan fingerprint density at radius 2 is 1.74 bits per heavy atom. The lowest BCUT2D eigenvalue weighted by Gasteiger charge is -2.27. The van der Waals surface area contributed by atoms with Crippen LogP contribution in [-0.4, -0.2) is 16.5 Å². The first-order chi connectivity index (χ1) is 15.1. The molecule has 31 heavy (non-hydrogen) atoms. The van der Waals surface area contributed by atoms with E-state index < -0.39 is 0 Å². The number of pyridine rings is 2. The van der Waals surface area contributed by atoms with Crippen molar-refractivity contribution >= 4 is 29.0 Å². The molecule has 1 aliphatic rings. The third-order valence-corrected chi connectivity index (χ3v) is 6.63. The number of benzene rings is 1. The fraction of sp³-hybridized carbons (Fsp3) is 0.360. The summed E-state index contributed by atoms with van der Waals surface area (Å²) in [6.45, 7) is 1.46. The largest absolute Gasteiger partial charge is 0.366 e. The second-order valence-electron chi connectivity index (χ2n) is 8.37. The first-order valence-electron chi connectivity index (χ1n) is 10.9. The van der Waals surface area contributed by atoms with Gasteiger partial charge in [0.25, 0.3) is 0 Å². The maximum Gasteiger partial charge on any atom is 0.126 e. The van der Waals surface area contributed by atoms with E-state index in [0.717, 1.165) is 46.3 Å². The Kier molecular flexibility index (Phi) is 7.44. The molecule has 0 unspecified atom stereocenters. The number of hydrogen-bond donors (Lipinski definition) is 2. The maximum absolute atomic E-state index is 6.50. The van der Waals surface area contributed by atoms with Gasteiger partial charge in [-0.25, -0.2) is 4.98 Å². The van der Waals surface area contributed by atoms with Gasteiger partial charge in [0.15, 0.2) is 0 Å². The Labute approximate surface area is 194 Å². The minimum absolute atomic E-state index is 0.620. The monoisotopic (exact) mass is 454 g/mol. The molecule has 0 bridgehead atoms. The minimum Gasteiger partial charge on any atom is -0.366 e. The van der Waals surface area contributed by atoms with E-state index in [0.29, 0.717) is 23.4 Å². The highest BCUT2D eigenvalue weighted by atomic mass is 35.5. The van der Waals surface area contributed by atoms with Crippen molar-refractivity contribution in [1.29, 1.82) is 0 Å². The Balaban J connectivity index is 1.46. The Hall–Kier alpha value is -2.14. The lowest BCUT2D eigenvalue weighted by Crippen LogP contribution is -2.22. The van der Waals surface area contributed by atoms with Crippen LogP contribution in [0.1, 0.15) is 36.9 Å². The van der Waals surface area contributed by atoms with Gasteiger partial charge in [-0.05, 0) is 86.4 Å². The van der Waals surface area contributed by atoms with Gasteiger partial charge < -0.3 is 11.1 Å². The van der Waals surface area contributed by atoms with Crippen molar-refractivity contribution in [2.45, 2.75) is 38.6 Å². The molecular weight excluding hydrogens is 427 g/mol. The molecule has 1 aliphatic carbocycles. The highest BCUT2D eigenvalue weighted by Gasteiger charge is 2.21. The van der Waals surface area contributed by atoms with Crippen molar-refractivity contribution in [3.8, 4) is 11.3 Å². The van der Waals surface area contributed by atoms with E-state index >= 15 is 0 Å². The summed E-state index contributed by atoms with van der Waals surface area (Å²) in [5.74, 6) is 2.16. The molecule has 0 saturated heterocycles. The van der Waals surface area contributed by atoms with Gasteiger partial charge in [-0.3, -0.25) is 4.98 Å². The number of aromatic nitrogens is 2. The van der Waals surface area contributed by atoms with Gasteiger partial charge in [0, 0.05) is 29.0 Å². The van der Waals surface area contributed by atoms with Crippen LogP contribution >= 0.6 is 23.2 Å². The van der Waals surface area contributed by atoms with Crippen LogP contribution < -0.4 is 11.1 Å². The van der Waals surface area contributed by atoms with Crippen LogP contribution in [0, 0.1) is 11.8 Å². The summed E-state index contributed by atoms with van der Waals surface area (Å²) < 4.78 is 0. The van der Waals surface area contributed by atoms with Gasteiger partial charge in [-0.15, -0.1) is 0 Å². The van der Waals surface area contributed by atoms with Crippen molar-refractivity contribution < 1.29 is 0 Å². The number of anilines is 1. The van der Waals surface area contributed by atoms with Gasteiger partial charge in [0.1, 0.15) is 5.82 Å². The van der Waals surface area contributed by atoms with E-state index in [1.54, 1.807) is 6.20 Å². The molecule has 0 atom stereocenters. The molecule has 4 rings (SSSR count). The van der Waals surface area contributed by atoms with Gasteiger partial charge >= 0.3 is 0 Å². The predicted molar refractivity (Wildman–Crippen MR) is 129 cm³/mol. The van der Waals surface area contributed by atoms with E-state index in [-0.39, 0.29) is 0 Å². The van der Waals surface area contributed by atoms with Gasteiger partial charge in [0.05, 0.1) is 10.7 Å². The Bertz CT molecular complexity index is 1020. The smallest absolute Gasteiger partial charge is 0.126 e. The first kappa shape index (κ1) is 22.1. The molecule has 1 saturated carbocycles. The van der Waals surface area contributed by atoms with Crippen LogP contribution in [0.4, 0.5) is 5.82 Å². The van der Waals surface area contributed by atoms with Crippen molar-refractivity contribution in [2.75, 3.05) is 11.9 Å². The summed E-state index contributed by atoms with van der Waals surface area (Å²) in [6.07, 6.45) is 7.64. The summed E-state index contributed by atoms with van der Waals surface area (Å²) in [7, 11) is 0. The van der Waals surface area contributed by atoms with Crippen LogP contribution in [0.15, 0.2) is 54.7 Å². The lowest BCUT2D eigenvalue weighted by molar-refractivity contribution is 0.277. The quantitative estimate of drug-likeness (QED) is 0.435. The zero-order chi connectivity index (χ0) is 21.6. The van der Waals surface area contributed by atoms with Crippen LogP contribution in [0.2, 0.25) is 10.0 Å². The van der Waals surface area contributed by atoms with E-state index in [2.05, 4.69) is 16.4 Å². The normalized spacial score (nSPS) is 18.7. The van der Waals surface area contributed by atoms with E-state index in [1.165, 1.54) is 25.7 Å². The van der Waals surface area contributed by atoms with Crippen LogP contribution in [0.3, 0.4) is 0 Å². The molecule has 0 spiro atoms. The molecule has 0 amide bonds. The third-order valence-electron chi connectivity index (χ3n) is 6.10. The second kappa shape index (κ2) is 10.4. The van der Waals surface area contributed by atoms with Crippen LogP contribution in [0.5, 0.6) is 0 Å². The molecule has 6 heteroatoms. The number of nitrogens with two attached hydrogens (primary N) is 1. The van der Waals surface area contributed by atoms with Crippen molar-refractivity contribution in [3.63, 3.8) is 0 Å². The highest BCUT2D eigenvalue weighted by Crippen LogP contribution is 2.32. The van der Waals surface area contributed by atoms with E-state index in [4.69, 9.17) is 33.9 Å². The zero-order valence-electron chi connectivity index (χ0n) is 17.5. The highest BCUT2D eigenvalue weighted by molar-refractivity contribution is 6.33. The average Bonchev–Trinajstić information content (AvgIpc) is 2.80. The standard InChI is InChI=1S/C25H28Cl2N4/c26-20-4-1-3-19(11-20)15-30-25-6-2-5-24(31-25)22-13-21(29-16-23(22)27)12-17-7-9-18(14-28)10-8-17/h1-6,11,13,16-18H,7-10,12,14-15,28H2,(H,30,31). The molecule has 1 fully saturated rings. The third kappa shape index (κ3) is 5.97. The fourth-order valence-corrected chi connectivity index (χ4v) is 4.69. The zero-order valence-corrected chi connectivity index (χ0v) is 19.0. The van der Waals surface area contributed by atoms with Crippen molar-refractivity contribution in [1.82, 2.24) is 9.97 Å². The molecule has 162 valence electrons. The molecule has 0 radical (unpaired) electrons. The molecular formula is C25H28Cl2N4. The average molecular weight is 455 g/mol. The summed E-state index contributed by atoms with van der Waals surface area (Å²) in [6, 6.07) is 15.8. The number of hydrogen-bond acceptors (Lipinski definition) is 4. The topological polar surface area (TPSA) is 63.8 Å². The summed E-state index contributed by atoms with van der Waals surface area (Å²) in [5, 5.41) is 4.72. The van der Waals surface area contributed by atoms with E-state index in [9.17, 15) is 0 Å². The van der Waals surface area contributed by atoms with Crippen molar-refractivity contribution in [3.05, 3.63) is 76.0 Å². The fourth-order valence-electron chi connectivity index (χ4n) is 4.28. The Morgan fingerprint density at radius 3 is 2.52 bits per heavy atom. The number of halogens is 2. The number of rotatable bonds is 7. The molecule has 3 aromatic rings. The number of nitrogens with one attached hydrogen (secondary N) is 1. The number of nitrogens with zero attached hydrogens (tertiary/aromatic N) is 2. The molecule has 0 aliphatic heterocycles. The van der Waals surface area contributed by atoms with Gasteiger partial charge in [-0.1, -0.05) is 41.4 Å². The maximum atomic E-state index is 6.50. The Morgan fingerprint density at radius 1 is 0.968 bits per heavy atom. The van der Waals surface area contributed by atoms with Crippen LogP contribution in [-0.2, 0) is 13.0 Å². The summed E-state index contributed by atoms with van der Waals surface area (Å²) in [5.41, 5.74) is 9.78. The predicted octanol–water partition coefficient (Wildman–Crippen LogP) is 6.37. The molecule has 1 aromatic carbocycles. The van der Waals surface area contributed by atoms with Gasteiger partial charge in [0.2, 0.25) is 0 Å². The summed E-state index contributed by atoms with van der Waals surface area (Å²) >= 11 is 12.6. The van der Waals surface area contributed by atoms with E-state index in [1.807, 2.05) is 42.5 Å². The first-order valence-corrected chi connectivity index (χ1v) is 11.7. The van der Waals surface area contributed by atoms with Crippen LogP contribution in [0.25, 0.3) is 11.3 Å². The molecule has 2 aromatic heterocycles. The van der Waals surface area contributed by atoms with Crippen molar-refractivity contribution in [2.24, 2.45) is 17.6 Å². The molecule has 2 heterocycles. The molecule has 3 N–H and O–H groups in total.